The van der Waals surface area contributed by atoms with E-state index in [0.717, 1.165) is 29.8 Å². The van der Waals surface area contributed by atoms with E-state index in [9.17, 15) is 9.18 Å². The number of hydrogen-bond acceptors (Lipinski definition) is 5. The molecule has 0 radical (unpaired) electrons. The molecule has 0 aliphatic heterocycles. The zero-order valence-electron chi connectivity index (χ0n) is 19.2. The predicted octanol–water partition coefficient (Wildman–Crippen LogP) is 5.08. The molecule has 174 valence electrons. The van der Waals surface area contributed by atoms with Gasteiger partial charge in [0, 0.05) is 18.2 Å². The van der Waals surface area contributed by atoms with E-state index in [1.165, 1.54) is 6.07 Å². The molecular weight excluding hydrogens is 435 g/mol. The first-order chi connectivity index (χ1) is 16.4. The lowest BCUT2D eigenvalue weighted by Gasteiger charge is -2.13. The molecule has 1 saturated carbocycles. The molecule has 1 aromatic carbocycles. The second-order valence-electron chi connectivity index (χ2n) is 8.74. The number of carbonyl (C=O) groups is 1. The quantitative estimate of drug-likeness (QED) is 0.418. The van der Waals surface area contributed by atoms with E-state index >= 15 is 0 Å². The number of imidazole rings is 1. The molecular formula is C24H25FN8O. The molecule has 2 amide bonds. The highest BCUT2D eigenvalue weighted by Crippen LogP contribution is 2.39. The number of nitrogens with zero attached hydrogens (tertiary/aromatic N) is 6. The summed E-state index contributed by atoms with van der Waals surface area (Å²) in [4.78, 5) is 21.6. The van der Waals surface area contributed by atoms with Crippen LogP contribution in [0.2, 0.25) is 0 Å². The van der Waals surface area contributed by atoms with Gasteiger partial charge < -0.3 is 14.5 Å². The van der Waals surface area contributed by atoms with Gasteiger partial charge in [-0.3, -0.25) is 5.32 Å². The Bertz CT molecular complexity index is 1350. The minimum Gasteiger partial charge on any atom is -0.310 e. The van der Waals surface area contributed by atoms with E-state index in [0.29, 0.717) is 23.3 Å². The molecule has 1 fully saturated rings. The second kappa shape index (κ2) is 8.69. The van der Waals surface area contributed by atoms with Gasteiger partial charge >= 0.3 is 6.03 Å². The number of nitrogens with one attached hydrogen (secondary N) is 2. The minimum atomic E-state index is -0.604. The first-order valence-electron chi connectivity index (χ1n) is 11.2. The maximum Gasteiger partial charge on any atom is 0.324 e. The summed E-state index contributed by atoms with van der Waals surface area (Å²) in [6, 6.07) is 7.77. The lowest BCUT2D eigenvalue weighted by molar-refractivity contribution is 0.262. The van der Waals surface area contributed by atoms with Crippen LogP contribution in [0.3, 0.4) is 0 Å². The third-order valence-corrected chi connectivity index (χ3v) is 5.76. The van der Waals surface area contributed by atoms with Gasteiger partial charge in [0.1, 0.15) is 23.7 Å². The Labute approximate surface area is 196 Å². The molecule has 2 N–H and O–H groups in total. The number of pyridine rings is 1. The van der Waals surface area contributed by atoms with Crippen LogP contribution in [0.15, 0.2) is 49.2 Å². The smallest absolute Gasteiger partial charge is 0.310 e. The van der Waals surface area contributed by atoms with Crippen LogP contribution in [0.4, 0.5) is 20.7 Å². The van der Waals surface area contributed by atoms with Crippen LogP contribution in [0.5, 0.6) is 0 Å². The number of aromatic nitrogens is 6. The standard InChI is InChI=1S/C24H25FN8O/c1-14(2)33-13-27-31-23(33)18-5-4-6-22(28-18)30-24(34)29-19-10-21(15(3)9-17(19)25)32-11-20(26-12-32)16-7-8-16/h4-6,9-14,16H,7-8H2,1-3H3,(H2,28,29,30,34). The number of carbonyl (C=O) groups excluding carboxylic acids is 1. The molecule has 3 aromatic heterocycles. The van der Waals surface area contributed by atoms with Crippen molar-refractivity contribution < 1.29 is 9.18 Å². The van der Waals surface area contributed by atoms with Gasteiger partial charge in [0.25, 0.3) is 0 Å². The van der Waals surface area contributed by atoms with Crippen molar-refractivity contribution in [2.24, 2.45) is 0 Å². The monoisotopic (exact) mass is 460 g/mol. The van der Waals surface area contributed by atoms with E-state index in [1.807, 2.05) is 36.1 Å². The first-order valence-corrected chi connectivity index (χ1v) is 11.2. The number of benzene rings is 1. The summed E-state index contributed by atoms with van der Waals surface area (Å²) in [5, 5.41) is 13.3. The molecule has 0 spiro atoms. The van der Waals surface area contributed by atoms with Gasteiger partial charge in [-0.1, -0.05) is 6.07 Å². The van der Waals surface area contributed by atoms with Gasteiger partial charge in [0.2, 0.25) is 0 Å². The molecule has 0 bridgehead atoms. The lowest BCUT2D eigenvalue weighted by Crippen LogP contribution is -2.21. The number of urea groups is 1. The largest absolute Gasteiger partial charge is 0.324 e. The minimum absolute atomic E-state index is 0.0653. The lowest BCUT2D eigenvalue weighted by atomic mass is 10.1. The summed E-state index contributed by atoms with van der Waals surface area (Å²) in [5.41, 5.74) is 3.17. The van der Waals surface area contributed by atoms with Crippen molar-refractivity contribution in [1.82, 2.24) is 29.3 Å². The summed E-state index contributed by atoms with van der Waals surface area (Å²) < 4.78 is 18.4. The zero-order chi connectivity index (χ0) is 23.8. The third kappa shape index (κ3) is 4.39. The third-order valence-electron chi connectivity index (χ3n) is 5.76. The van der Waals surface area contributed by atoms with Crippen molar-refractivity contribution in [3.63, 3.8) is 0 Å². The molecule has 1 aliphatic carbocycles. The van der Waals surface area contributed by atoms with E-state index < -0.39 is 11.8 Å². The van der Waals surface area contributed by atoms with Gasteiger partial charge in [0.15, 0.2) is 5.82 Å². The Balaban J connectivity index is 1.34. The summed E-state index contributed by atoms with van der Waals surface area (Å²) >= 11 is 0. The summed E-state index contributed by atoms with van der Waals surface area (Å²) in [6.07, 6.45) is 7.63. The molecule has 0 saturated heterocycles. The van der Waals surface area contributed by atoms with Crippen molar-refractivity contribution in [2.45, 2.75) is 45.6 Å². The Morgan fingerprint density at radius 2 is 2.00 bits per heavy atom. The van der Waals surface area contributed by atoms with E-state index in [1.54, 1.807) is 36.9 Å². The van der Waals surface area contributed by atoms with E-state index in [4.69, 9.17) is 0 Å². The number of hydrogen-bond donors (Lipinski definition) is 2. The number of amides is 2. The second-order valence-corrected chi connectivity index (χ2v) is 8.74. The zero-order valence-corrected chi connectivity index (χ0v) is 19.2. The van der Waals surface area contributed by atoms with Crippen LogP contribution < -0.4 is 10.6 Å². The molecule has 1 aliphatic rings. The summed E-state index contributed by atoms with van der Waals surface area (Å²) in [5.74, 6) is 0.901. The van der Waals surface area contributed by atoms with Crippen molar-refractivity contribution in [1.29, 1.82) is 0 Å². The van der Waals surface area contributed by atoms with Crippen molar-refractivity contribution in [2.75, 3.05) is 10.6 Å². The van der Waals surface area contributed by atoms with Gasteiger partial charge in [-0.25, -0.2) is 19.2 Å². The average molecular weight is 461 g/mol. The molecule has 0 atom stereocenters. The topological polar surface area (TPSA) is 103 Å². The molecule has 0 unspecified atom stereocenters. The van der Waals surface area contributed by atoms with Gasteiger partial charge in [0.05, 0.1) is 23.4 Å². The highest BCUT2D eigenvalue weighted by molar-refractivity contribution is 5.99. The molecule has 10 heteroatoms. The predicted molar refractivity (Wildman–Crippen MR) is 127 cm³/mol. The molecule has 5 rings (SSSR count). The first kappa shape index (κ1) is 21.7. The van der Waals surface area contributed by atoms with Crippen LogP contribution in [0, 0.1) is 12.7 Å². The molecule has 34 heavy (non-hydrogen) atoms. The van der Waals surface area contributed by atoms with E-state index in [-0.39, 0.29) is 11.7 Å². The SMILES string of the molecule is Cc1cc(F)c(NC(=O)Nc2cccc(-c3nncn3C(C)C)n2)cc1-n1cnc(C2CC2)c1. The Kier molecular flexibility index (Phi) is 5.56. The van der Waals surface area contributed by atoms with Crippen molar-refractivity contribution >= 4 is 17.5 Å². The Morgan fingerprint density at radius 3 is 2.76 bits per heavy atom. The van der Waals surface area contributed by atoms with Gasteiger partial charge in [-0.15, -0.1) is 10.2 Å². The fraction of sp³-hybridized carbons (Fsp3) is 0.292. The van der Waals surface area contributed by atoms with Crippen molar-refractivity contribution in [3.05, 3.63) is 66.3 Å². The maximum absolute atomic E-state index is 14.7. The normalized spacial score (nSPS) is 13.3. The molecule has 3 heterocycles. The number of aryl methyl sites for hydroxylation is 1. The number of anilines is 2. The van der Waals surface area contributed by atoms with Crippen LogP contribution in [-0.2, 0) is 0 Å². The van der Waals surface area contributed by atoms with Crippen molar-refractivity contribution in [3.8, 4) is 17.2 Å². The molecule has 4 aromatic rings. The highest BCUT2D eigenvalue weighted by atomic mass is 19.1. The van der Waals surface area contributed by atoms with E-state index in [2.05, 4.69) is 30.8 Å². The summed E-state index contributed by atoms with van der Waals surface area (Å²) in [6.45, 7) is 5.86. The summed E-state index contributed by atoms with van der Waals surface area (Å²) in [7, 11) is 0. The fourth-order valence-electron chi connectivity index (χ4n) is 3.80. The van der Waals surface area contributed by atoms with Crippen LogP contribution in [-0.4, -0.2) is 35.3 Å². The van der Waals surface area contributed by atoms with Gasteiger partial charge in [-0.05, 0) is 63.4 Å². The fourth-order valence-corrected chi connectivity index (χ4v) is 3.80. The molecule has 9 nitrogen and oxygen atoms in total. The van der Waals surface area contributed by atoms with Crippen LogP contribution in [0.1, 0.15) is 49.9 Å². The number of rotatable bonds is 6. The van der Waals surface area contributed by atoms with Gasteiger partial charge in [-0.2, -0.15) is 0 Å². The Hall–Kier alpha value is -4.08. The Morgan fingerprint density at radius 1 is 1.18 bits per heavy atom. The van der Waals surface area contributed by atoms with Crippen LogP contribution >= 0.6 is 0 Å². The highest BCUT2D eigenvalue weighted by Gasteiger charge is 2.26. The number of halogens is 1. The van der Waals surface area contributed by atoms with Crippen LogP contribution in [0.25, 0.3) is 17.2 Å². The average Bonchev–Trinajstić information content (AvgIpc) is 3.32. The maximum atomic E-state index is 14.7.